The molecule has 0 radical (unpaired) electrons. The Balaban J connectivity index is 1.85. The minimum Gasteiger partial charge on any atom is -0.392 e. The number of aliphatic hydroxyl groups excluding tert-OH is 1. The van der Waals surface area contributed by atoms with Gasteiger partial charge in [0.1, 0.15) is 0 Å². The molecule has 1 aliphatic rings. The molecule has 1 fully saturated rings. The van der Waals surface area contributed by atoms with Gasteiger partial charge in [-0.15, -0.1) is 0 Å². The summed E-state index contributed by atoms with van der Waals surface area (Å²) < 4.78 is 38.7. The molecule has 0 aliphatic carbocycles. The molecule has 6 heteroatoms. The maximum absolute atomic E-state index is 12.9. The van der Waals surface area contributed by atoms with Crippen molar-refractivity contribution in [1.82, 2.24) is 9.88 Å². The second-order valence-corrected chi connectivity index (χ2v) is 5.78. The fourth-order valence-electron chi connectivity index (χ4n) is 3.02. The van der Waals surface area contributed by atoms with E-state index in [1.54, 1.807) is 12.3 Å². The molecule has 122 valence electrons. The number of likely N-dealkylation sites (tertiary alicyclic amines) is 1. The number of benzene rings is 1. The van der Waals surface area contributed by atoms with Crippen molar-refractivity contribution in [3.8, 4) is 0 Å². The number of hydrogen-bond acceptors (Lipinski definition) is 3. The summed E-state index contributed by atoms with van der Waals surface area (Å²) in [6.07, 6.45) is -2.80. The molecule has 0 bridgehead atoms. The first-order valence-corrected chi connectivity index (χ1v) is 7.42. The largest absolute Gasteiger partial charge is 0.416 e. The van der Waals surface area contributed by atoms with Gasteiger partial charge in [0.25, 0.3) is 0 Å². The van der Waals surface area contributed by atoms with Gasteiger partial charge in [0.15, 0.2) is 0 Å². The Morgan fingerprint density at radius 1 is 1.17 bits per heavy atom. The summed E-state index contributed by atoms with van der Waals surface area (Å²) in [5.74, 6) is 0. The number of halogens is 3. The fourth-order valence-corrected chi connectivity index (χ4v) is 3.02. The van der Waals surface area contributed by atoms with Crippen molar-refractivity contribution in [2.24, 2.45) is 0 Å². The Kier molecular flexibility index (Phi) is 4.37. The lowest BCUT2D eigenvalue weighted by molar-refractivity contribution is -0.137. The number of aliphatic hydroxyl groups is 1. The van der Waals surface area contributed by atoms with E-state index in [0.29, 0.717) is 25.1 Å². The van der Waals surface area contributed by atoms with E-state index in [-0.39, 0.29) is 6.04 Å². The zero-order valence-corrected chi connectivity index (χ0v) is 12.4. The first-order chi connectivity index (χ1) is 10.9. The summed E-state index contributed by atoms with van der Waals surface area (Å²) in [7, 11) is 0. The Morgan fingerprint density at radius 3 is 2.70 bits per heavy atom. The molecule has 2 aromatic rings. The van der Waals surface area contributed by atoms with Crippen LogP contribution in [0.5, 0.6) is 0 Å². The van der Waals surface area contributed by atoms with Crippen LogP contribution in [0, 0.1) is 0 Å². The monoisotopic (exact) mass is 322 g/mol. The van der Waals surface area contributed by atoms with Crippen LogP contribution in [0.25, 0.3) is 0 Å². The first kappa shape index (κ1) is 16.0. The summed E-state index contributed by atoms with van der Waals surface area (Å²) in [5, 5.41) is 9.95. The number of nitrogens with zero attached hydrogens (tertiary/aromatic N) is 2. The molecule has 3 rings (SSSR count). The van der Waals surface area contributed by atoms with Crippen LogP contribution in [0.15, 0.2) is 48.7 Å². The highest BCUT2D eigenvalue weighted by Crippen LogP contribution is 2.36. The van der Waals surface area contributed by atoms with Gasteiger partial charge in [0.2, 0.25) is 0 Å². The van der Waals surface area contributed by atoms with Crippen LogP contribution in [0.2, 0.25) is 0 Å². The second-order valence-electron chi connectivity index (χ2n) is 5.78. The van der Waals surface area contributed by atoms with E-state index >= 15 is 0 Å². The Labute approximate surface area is 132 Å². The van der Waals surface area contributed by atoms with Gasteiger partial charge in [-0.2, -0.15) is 13.2 Å². The third-order valence-corrected chi connectivity index (χ3v) is 4.07. The van der Waals surface area contributed by atoms with E-state index in [2.05, 4.69) is 4.98 Å². The van der Waals surface area contributed by atoms with Gasteiger partial charge in [0.05, 0.1) is 17.4 Å². The van der Waals surface area contributed by atoms with Crippen molar-refractivity contribution < 1.29 is 18.3 Å². The molecular formula is C17H17F3N2O. The van der Waals surface area contributed by atoms with Crippen molar-refractivity contribution in [3.05, 3.63) is 65.5 Å². The maximum Gasteiger partial charge on any atom is 0.416 e. The van der Waals surface area contributed by atoms with Crippen molar-refractivity contribution in [2.75, 3.05) is 6.54 Å². The quantitative estimate of drug-likeness (QED) is 0.941. The molecule has 2 atom stereocenters. The van der Waals surface area contributed by atoms with Gasteiger partial charge >= 0.3 is 6.18 Å². The minimum atomic E-state index is -4.36. The van der Waals surface area contributed by atoms with Crippen LogP contribution in [-0.4, -0.2) is 27.6 Å². The zero-order chi connectivity index (χ0) is 16.4. The topological polar surface area (TPSA) is 36.4 Å². The lowest BCUT2D eigenvalue weighted by Gasteiger charge is -2.24. The number of rotatable bonds is 3. The molecule has 1 aromatic carbocycles. The molecule has 0 amide bonds. The molecule has 1 N–H and O–H groups in total. The van der Waals surface area contributed by atoms with E-state index in [1.807, 2.05) is 23.1 Å². The highest BCUT2D eigenvalue weighted by molar-refractivity contribution is 5.29. The standard InChI is InChI=1S/C17H17F3N2O/c18-17(19,20)13-5-3-4-12(8-13)16-9-15(23)11-22(16)10-14-6-1-2-7-21-14/h1-8,15-16,23H,9-11H2. The van der Waals surface area contributed by atoms with E-state index in [0.717, 1.165) is 11.8 Å². The molecule has 2 heterocycles. The lowest BCUT2D eigenvalue weighted by atomic mass is 10.0. The highest BCUT2D eigenvalue weighted by atomic mass is 19.4. The van der Waals surface area contributed by atoms with Crippen LogP contribution in [0.3, 0.4) is 0 Å². The molecule has 1 aliphatic heterocycles. The van der Waals surface area contributed by atoms with Crippen LogP contribution in [0.1, 0.15) is 29.3 Å². The maximum atomic E-state index is 12.9. The van der Waals surface area contributed by atoms with Gasteiger partial charge in [0, 0.05) is 25.3 Å². The lowest BCUT2D eigenvalue weighted by Crippen LogP contribution is -2.25. The van der Waals surface area contributed by atoms with Crippen molar-refractivity contribution in [1.29, 1.82) is 0 Å². The van der Waals surface area contributed by atoms with Gasteiger partial charge in [-0.05, 0) is 36.2 Å². The number of alkyl halides is 3. The van der Waals surface area contributed by atoms with Crippen LogP contribution < -0.4 is 0 Å². The van der Waals surface area contributed by atoms with E-state index < -0.39 is 17.8 Å². The van der Waals surface area contributed by atoms with Gasteiger partial charge in [-0.25, -0.2) is 0 Å². The van der Waals surface area contributed by atoms with Gasteiger partial charge < -0.3 is 5.11 Å². The van der Waals surface area contributed by atoms with Gasteiger partial charge in [-0.1, -0.05) is 18.2 Å². The highest BCUT2D eigenvalue weighted by Gasteiger charge is 2.35. The predicted molar refractivity (Wildman–Crippen MR) is 79.5 cm³/mol. The smallest absolute Gasteiger partial charge is 0.392 e. The third-order valence-electron chi connectivity index (χ3n) is 4.07. The number of hydrogen-bond donors (Lipinski definition) is 1. The molecule has 1 saturated heterocycles. The molecular weight excluding hydrogens is 305 g/mol. The molecule has 0 saturated carbocycles. The average Bonchev–Trinajstić information content (AvgIpc) is 2.88. The second kappa shape index (κ2) is 6.29. The van der Waals surface area contributed by atoms with Crippen molar-refractivity contribution >= 4 is 0 Å². The summed E-state index contributed by atoms with van der Waals surface area (Å²) in [5.41, 5.74) is 0.750. The number of β-amino-alcohol motifs (C(OH)–C–C–N with tert-alkyl or cyclic N) is 1. The molecule has 2 unspecified atom stereocenters. The predicted octanol–water partition coefficient (Wildman–Crippen LogP) is 3.41. The third kappa shape index (κ3) is 3.71. The summed E-state index contributed by atoms with van der Waals surface area (Å²) >= 11 is 0. The van der Waals surface area contributed by atoms with Crippen LogP contribution in [-0.2, 0) is 12.7 Å². The Hall–Kier alpha value is -1.92. The van der Waals surface area contributed by atoms with E-state index in [1.165, 1.54) is 12.1 Å². The van der Waals surface area contributed by atoms with Crippen LogP contribution >= 0.6 is 0 Å². The number of aromatic nitrogens is 1. The van der Waals surface area contributed by atoms with Crippen LogP contribution in [0.4, 0.5) is 13.2 Å². The number of pyridine rings is 1. The van der Waals surface area contributed by atoms with Crippen molar-refractivity contribution in [3.63, 3.8) is 0 Å². The van der Waals surface area contributed by atoms with Gasteiger partial charge in [-0.3, -0.25) is 9.88 Å². The Bertz CT molecular complexity index is 660. The molecule has 1 aromatic heterocycles. The summed E-state index contributed by atoms with van der Waals surface area (Å²) in [4.78, 5) is 6.22. The zero-order valence-electron chi connectivity index (χ0n) is 12.4. The molecule has 3 nitrogen and oxygen atoms in total. The van der Waals surface area contributed by atoms with Crippen molar-refractivity contribution in [2.45, 2.75) is 31.3 Å². The van der Waals surface area contributed by atoms with E-state index in [9.17, 15) is 18.3 Å². The average molecular weight is 322 g/mol. The molecule has 23 heavy (non-hydrogen) atoms. The summed E-state index contributed by atoms with van der Waals surface area (Å²) in [6.45, 7) is 0.927. The normalized spacial score (nSPS) is 22.4. The first-order valence-electron chi connectivity index (χ1n) is 7.42. The minimum absolute atomic E-state index is 0.241. The van der Waals surface area contributed by atoms with E-state index in [4.69, 9.17) is 0 Å². The SMILES string of the molecule is OC1CC(c2cccc(C(F)(F)F)c2)N(Cc2ccccn2)C1. The summed E-state index contributed by atoms with van der Waals surface area (Å²) in [6, 6.07) is 10.7. The molecule has 0 spiro atoms. The fraction of sp³-hybridized carbons (Fsp3) is 0.353. The Morgan fingerprint density at radius 2 is 2.00 bits per heavy atom.